The third-order valence-corrected chi connectivity index (χ3v) is 3.93. The molecule has 0 saturated heterocycles. The average Bonchev–Trinajstić information content (AvgIpc) is 2.35. The number of carbonyl (C=O) groups excluding carboxylic acids is 1. The maximum Gasteiger partial charge on any atom is 0.337 e. The first-order chi connectivity index (χ1) is 10.6. The lowest BCUT2D eigenvalue weighted by Crippen LogP contribution is -2.36. The number of cyclic esters (lactones) is 1. The van der Waals surface area contributed by atoms with Crippen molar-refractivity contribution in [1.29, 1.82) is 0 Å². The van der Waals surface area contributed by atoms with E-state index in [0.717, 1.165) is 16.7 Å². The fraction of sp³-hybridized carbons (Fsp3) is 0.526. The Bertz CT molecular complexity index is 614. The summed E-state index contributed by atoms with van der Waals surface area (Å²) in [6.45, 7) is 11.8. The van der Waals surface area contributed by atoms with E-state index in [2.05, 4.69) is 0 Å². The third kappa shape index (κ3) is 4.14. The number of aliphatic hydroxyl groups excluding tert-OH is 1. The van der Waals surface area contributed by atoms with Crippen LogP contribution in [0.15, 0.2) is 24.0 Å². The Morgan fingerprint density at radius 3 is 2.22 bits per heavy atom. The molecule has 4 nitrogen and oxygen atoms in total. The highest BCUT2D eigenvalue weighted by atomic mass is 16.7. The van der Waals surface area contributed by atoms with Crippen molar-refractivity contribution in [2.45, 2.75) is 60.4 Å². The second-order valence-electron chi connectivity index (χ2n) is 7.40. The molecule has 1 aromatic carbocycles. The average molecular weight is 318 g/mol. The molecule has 0 fully saturated rings. The lowest BCUT2D eigenvalue weighted by atomic mass is 9.93. The van der Waals surface area contributed by atoms with Crippen LogP contribution in [0, 0.1) is 26.2 Å². The van der Waals surface area contributed by atoms with Gasteiger partial charge in [-0.15, -0.1) is 0 Å². The first kappa shape index (κ1) is 17.5. The van der Waals surface area contributed by atoms with Gasteiger partial charge in [0.15, 0.2) is 0 Å². The summed E-state index contributed by atoms with van der Waals surface area (Å²) in [5, 5.41) is 10.6. The van der Waals surface area contributed by atoms with Crippen LogP contribution in [0.3, 0.4) is 0 Å². The second kappa shape index (κ2) is 6.36. The Balaban J connectivity index is 2.20. The molecule has 1 aliphatic rings. The number of rotatable bonds is 3. The summed E-state index contributed by atoms with van der Waals surface area (Å²) in [5.41, 5.74) is 3.82. The summed E-state index contributed by atoms with van der Waals surface area (Å²) < 4.78 is 11.0. The Morgan fingerprint density at radius 2 is 1.70 bits per heavy atom. The van der Waals surface area contributed by atoms with Crippen molar-refractivity contribution in [2.24, 2.45) is 5.41 Å². The molecule has 0 amide bonds. The van der Waals surface area contributed by atoms with Crippen LogP contribution >= 0.6 is 0 Å². The van der Waals surface area contributed by atoms with Gasteiger partial charge in [0.1, 0.15) is 5.76 Å². The highest BCUT2D eigenvalue weighted by Crippen LogP contribution is 2.33. The van der Waals surface area contributed by atoms with E-state index in [1.165, 1.54) is 11.6 Å². The molecule has 1 aromatic rings. The molecule has 2 unspecified atom stereocenters. The van der Waals surface area contributed by atoms with Crippen LogP contribution in [-0.4, -0.2) is 17.4 Å². The zero-order chi connectivity index (χ0) is 17.4. The fourth-order valence-corrected chi connectivity index (χ4v) is 2.94. The number of aliphatic hydroxyl groups is 1. The van der Waals surface area contributed by atoms with Gasteiger partial charge in [-0.3, -0.25) is 0 Å². The minimum absolute atomic E-state index is 0.256. The molecule has 126 valence electrons. The molecule has 0 saturated carbocycles. The number of esters is 1. The summed E-state index contributed by atoms with van der Waals surface area (Å²) in [5.74, 6) is 0.0452. The van der Waals surface area contributed by atoms with E-state index in [1.807, 2.05) is 53.7 Å². The first-order valence-corrected chi connectivity index (χ1v) is 7.91. The predicted molar refractivity (Wildman–Crippen MR) is 88.7 cm³/mol. The van der Waals surface area contributed by atoms with Gasteiger partial charge in [-0.1, -0.05) is 38.5 Å². The summed E-state index contributed by atoms with van der Waals surface area (Å²) >= 11 is 0. The molecule has 0 radical (unpaired) electrons. The minimum atomic E-state index is -0.714. The molecular weight excluding hydrogens is 292 g/mol. The smallest absolute Gasteiger partial charge is 0.337 e. The van der Waals surface area contributed by atoms with Gasteiger partial charge >= 0.3 is 5.97 Å². The minimum Gasteiger partial charge on any atom is -0.458 e. The van der Waals surface area contributed by atoms with Gasteiger partial charge in [0.05, 0.1) is 12.2 Å². The van der Waals surface area contributed by atoms with E-state index in [9.17, 15) is 9.90 Å². The van der Waals surface area contributed by atoms with E-state index < -0.39 is 18.4 Å². The lowest BCUT2D eigenvalue weighted by Gasteiger charge is -2.34. The Labute approximate surface area is 138 Å². The van der Waals surface area contributed by atoms with Crippen molar-refractivity contribution in [2.75, 3.05) is 0 Å². The standard InChI is InChI=1S/C19H26O4/c1-11-7-12(2)17(13(3)8-11)15(20)9-14-10-16(21)23-18(22-14)19(4,5)6/h7-8,10,15,18,20H,9H2,1-6H3. The van der Waals surface area contributed by atoms with E-state index in [0.29, 0.717) is 5.76 Å². The number of aryl methyl sites for hydroxylation is 3. The van der Waals surface area contributed by atoms with Crippen molar-refractivity contribution in [3.63, 3.8) is 0 Å². The molecule has 1 N–H and O–H groups in total. The van der Waals surface area contributed by atoms with Gasteiger partial charge in [-0.2, -0.15) is 0 Å². The molecule has 0 spiro atoms. The van der Waals surface area contributed by atoms with Crippen LogP contribution in [0.4, 0.5) is 0 Å². The fourth-order valence-electron chi connectivity index (χ4n) is 2.94. The topological polar surface area (TPSA) is 55.8 Å². The molecule has 4 heteroatoms. The summed E-state index contributed by atoms with van der Waals surface area (Å²) in [6.07, 6.45) is 0.229. The maximum atomic E-state index is 11.8. The molecule has 0 aromatic heterocycles. The molecule has 1 heterocycles. The van der Waals surface area contributed by atoms with Crippen LogP contribution in [0.25, 0.3) is 0 Å². The number of carbonyl (C=O) groups is 1. The van der Waals surface area contributed by atoms with Gasteiger partial charge in [-0.25, -0.2) is 4.79 Å². The van der Waals surface area contributed by atoms with Gasteiger partial charge < -0.3 is 14.6 Å². The van der Waals surface area contributed by atoms with E-state index in [1.54, 1.807) is 0 Å². The third-order valence-electron chi connectivity index (χ3n) is 3.93. The van der Waals surface area contributed by atoms with Crippen LogP contribution in [0.5, 0.6) is 0 Å². The first-order valence-electron chi connectivity index (χ1n) is 7.91. The Morgan fingerprint density at radius 1 is 1.13 bits per heavy atom. The van der Waals surface area contributed by atoms with E-state index in [4.69, 9.17) is 9.47 Å². The van der Waals surface area contributed by atoms with Crippen LogP contribution < -0.4 is 0 Å². The molecule has 2 rings (SSSR count). The molecular formula is C19H26O4. The Kier molecular flexibility index (Phi) is 4.85. The van der Waals surface area contributed by atoms with Crippen molar-refractivity contribution in [1.82, 2.24) is 0 Å². The molecule has 0 bridgehead atoms. The quantitative estimate of drug-likeness (QED) is 0.860. The van der Waals surface area contributed by atoms with Crippen molar-refractivity contribution >= 4 is 5.97 Å². The zero-order valence-corrected chi connectivity index (χ0v) is 14.8. The van der Waals surface area contributed by atoms with Gasteiger partial charge in [0, 0.05) is 11.8 Å². The molecule has 0 aliphatic carbocycles. The van der Waals surface area contributed by atoms with Crippen LogP contribution in [0.1, 0.15) is 55.5 Å². The molecule has 1 aliphatic heterocycles. The van der Waals surface area contributed by atoms with Crippen molar-refractivity contribution in [3.8, 4) is 0 Å². The predicted octanol–water partition coefficient (Wildman–Crippen LogP) is 3.86. The number of hydrogen-bond acceptors (Lipinski definition) is 4. The molecule has 23 heavy (non-hydrogen) atoms. The highest BCUT2D eigenvalue weighted by Gasteiger charge is 2.34. The monoisotopic (exact) mass is 318 g/mol. The van der Waals surface area contributed by atoms with Crippen LogP contribution in [0.2, 0.25) is 0 Å². The largest absolute Gasteiger partial charge is 0.458 e. The maximum absolute atomic E-state index is 11.8. The molecule has 2 atom stereocenters. The SMILES string of the molecule is Cc1cc(C)c(C(O)CC2=CC(=O)OC(C(C)(C)C)O2)c(C)c1. The summed E-state index contributed by atoms with van der Waals surface area (Å²) in [7, 11) is 0. The van der Waals surface area contributed by atoms with Crippen molar-refractivity contribution < 1.29 is 19.4 Å². The van der Waals surface area contributed by atoms with Crippen LogP contribution in [-0.2, 0) is 14.3 Å². The van der Waals surface area contributed by atoms with Crippen molar-refractivity contribution in [3.05, 3.63) is 46.2 Å². The summed E-state index contributed by atoms with van der Waals surface area (Å²) in [4.78, 5) is 11.8. The zero-order valence-electron chi connectivity index (χ0n) is 14.8. The highest BCUT2D eigenvalue weighted by molar-refractivity contribution is 5.83. The second-order valence-corrected chi connectivity index (χ2v) is 7.40. The van der Waals surface area contributed by atoms with Gasteiger partial charge in [-0.05, 0) is 37.5 Å². The normalized spacial score (nSPS) is 19.7. The number of ether oxygens (including phenoxy) is 2. The number of benzene rings is 1. The van der Waals surface area contributed by atoms with E-state index >= 15 is 0 Å². The van der Waals surface area contributed by atoms with E-state index in [-0.39, 0.29) is 11.8 Å². The Hall–Kier alpha value is -1.81. The number of hydrogen-bond donors (Lipinski definition) is 1. The lowest BCUT2D eigenvalue weighted by molar-refractivity contribution is -0.196. The van der Waals surface area contributed by atoms with Gasteiger partial charge in [0.25, 0.3) is 0 Å². The summed E-state index contributed by atoms with van der Waals surface area (Å²) in [6, 6.07) is 4.10. The van der Waals surface area contributed by atoms with Gasteiger partial charge in [0.2, 0.25) is 6.29 Å².